The van der Waals surface area contributed by atoms with Crippen molar-refractivity contribution in [1.82, 2.24) is 10.4 Å². The molecule has 180 valence electrons. The molecule has 0 radical (unpaired) electrons. The Bertz CT molecular complexity index is 1310. The van der Waals surface area contributed by atoms with Gasteiger partial charge in [-0.25, -0.2) is 14.8 Å². The summed E-state index contributed by atoms with van der Waals surface area (Å²) in [6.45, 7) is 2.22. The maximum atomic E-state index is 14.0. The number of benzene rings is 3. The summed E-state index contributed by atoms with van der Waals surface area (Å²) in [5.41, 5.74) is 4.41. The number of carbonyl (C=O) groups is 1. The van der Waals surface area contributed by atoms with Gasteiger partial charge in [-0.05, 0) is 55.0 Å². The summed E-state index contributed by atoms with van der Waals surface area (Å²) in [6, 6.07) is 17.5. The van der Waals surface area contributed by atoms with Crippen molar-refractivity contribution in [1.29, 1.82) is 0 Å². The number of carbonyl (C=O) groups excluding carboxylic acids is 1. The fourth-order valence-corrected chi connectivity index (χ4v) is 5.14. The largest absolute Gasteiger partial charge is 0.490 e. The van der Waals surface area contributed by atoms with Gasteiger partial charge in [-0.2, -0.15) is 5.10 Å². The van der Waals surface area contributed by atoms with E-state index in [1.165, 1.54) is 24.0 Å². The quantitative estimate of drug-likeness (QED) is 0.148. The second-order valence-electron chi connectivity index (χ2n) is 7.16. The molecule has 4 rings (SSSR count). The van der Waals surface area contributed by atoms with E-state index in [-0.39, 0.29) is 23.8 Å². The minimum atomic E-state index is -0.434. The summed E-state index contributed by atoms with van der Waals surface area (Å²) in [6.07, 6.45) is 1.51. The Morgan fingerprint density at radius 1 is 1.17 bits per heavy atom. The molecule has 0 aliphatic heterocycles. The number of hydrazone groups is 1. The molecule has 0 bridgehead atoms. The summed E-state index contributed by atoms with van der Waals surface area (Å²) >= 11 is 8.99. The zero-order valence-corrected chi connectivity index (χ0v) is 21.1. The predicted octanol–water partition coefficient (Wildman–Crippen LogP) is 6.31. The Morgan fingerprint density at radius 3 is 2.83 bits per heavy atom. The monoisotopic (exact) mass is 529 g/mol. The Morgan fingerprint density at radius 2 is 2.03 bits per heavy atom. The fourth-order valence-electron chi connectivity index (χ4n) is 3.06. The molecule has 1 N–H and O–H groups in total. The molecule has 0 aliphatic rings. The first-order valence-electron chi connectivity index (χ1n) is 10.7. The molecule has 0 aliphatic carbocycles. The maximum Gasteiger partial charge on any atom is 0.250 e. The molecule has 0 fully saturated rings. The highest BCUT2D eigenvalue weighted by Crippen LogP contribution is 2.31. The van der Waals surface area contributed by atoms with Gasteiger partial charge in [-0.3, -0.25) is 4.79 Å². The van der Waals surface area contributed by atoms with Crippen LogP contribution in [0.5, 0.6) is 11.5 Å². The fraction of sp³-hybridized carbons (Fsp3) is 0.160. The lowest BCUT2D eigenvalue weighted by molar-refractivity contribution is -0.118. The van der Waals surface area contributed by atoms with Gasteiger partial charge in [0.2, 0.25) is 0 Å². The van der Waals surface area contributed by atoms with Gasteiger partial charge >= 0.3 is 0 Å². The number of nitrogens with zero attached hydrogens (tertiary/aromatic N) is 2. The molecule has 6 nitrogen and oxygen atoms in total. The second kappa shape index (κ2) is 12.0. The molecule has 35 heavy (non-hydrogen) atoms. The lowest BCUT2D eigenvalue weighted by atomic mass is 10.2. The van der Waals surface area contributed by atoms with E-state index < -0.39 is 5.82 Å². The van der Waals surface area contributed by atoms with E-state index in [2.05, 4.69) is 15.5 Å². The normalized spacial score (nSPS) is 11.2. The minimum Gasteiger partial charge on any atom is -0.490 e. The number of nitrogens with one attached hydrogen (secondary N) is 1. The van der Waals surface area contributed by atoms with Crippen LogP contribution >= 0.6 is 34.7 Å². The van der Waals surface area contributed by atoms with Crippen LogP contribution in [0.15, 0.2) is 70.1 Å². The number of halogens is 2. The molecule has 0 unspecified atom stereocenters. The van der Waals surface area contributed by atoms with Crippen molar-refractivity contribution < 1.29 is 18.7 Å². The highest BCUT2D eigenvalue weighted by atomic mass is 35.5. The number of hydrogen-bond donors (Lipinski definition) is 1. The van der Waals surface area contributed by atoms with E-state index in [1.807, 2.05) is 31.2 Å². The van der Waals surface area contributed by atoms with Gasteiger partial charge in [0.05, 0.1) is 33.8 Å². The highest BCUT2D eigenvalue weighted by Gasteiger charge is 2.11. The molecule has 1 amide bonds. The predicted molar refractivity (Wildman–Crippen MR) is 139 cm³/mol. The number of aromatic nitrogens is 1. The maximum absolute atomic E-state index is 14.0. The van der Waals surface area contributed by atoms with Crippen molar-refractivity contribution in [2.45, 2.75) is 17.9 Å². The summed E-state index contributed by atoms with van der Waals surface area (Å²) in [5, 5.41) is 4.32. The first-order chi connectivity index (χ1) is 17.0. The summed E-state index contributed by atoms with van der Waals surface area (Å²) in [4.78, 5) is 16.7. The van der Waals surface area contributed by atoms with Crippen molar-refractivity contribution in [2.24, 2.45) is 5.10 Å². The molecule has 0 saturated carbocycles. The minimum absolute atomic E-state index is 0.0403. The third-order valence-corrected chi connectivity index (χ3v) is 7.24. The van der Waals surface area contributed by atoms with Gasteiger partial charge in [0, 0.05) is 5.56 Å². The van der Waals surface area contributed by atoms with E-state index in [1.54, 1.807) is 41.7 Å². The van der Waals surface area contributed by atoms with Gasteiger partial charge in [0.25, 0.3) is 5.91 Å². The van der Waals surface area contributed by atoms with Crippen LogP contribution in [-0.4, -0.2) is 29.5 Å². The lowest BCUT2D eigenvalue weighted by Crippen LogP contribution is -2.19. The van der Waals surface area contributed by atoms with E-state index in [4.69, 9.17) is 21.1 Å². The van der Waals surface area contributed by atoms with E-state index >= 15 is 0 Å². The number of ether oxygens (including phenoxy) is 2. The average molecular weight is 530 g/mol. The van der Waals surface area contributed by atoms with Crippen molar-refractivity contribution in [3.05, 3.63) is 82.6 Å². The number of thioether (sulfide) groups is 1. The Balaban J connectivity index is 1.33. The second-order valence-corrected chi connectivity index (χ2v) is 9.82. The first-order valence-corrected chi connectivity index (χ1v) is 12.8. The van der Waals surface area contributed by atoms with Crippen molar-refractivity contribution in [3.63, 3.8) is 0 Å². The Hall–Kier alpha value is -3.14. The molecule has 4 aromatic rings. The van der Waals surface area contributed by atoms with Crippen LogP contribution in [0.1, 0.15) is 18.1 Å². The number of thiazole rings is 1. The molecular formula is C25H21ClFN3O3S2. The highest BCUT2D eigenvalue weighted by molar-refractivity contribution is 8.01. The summed E-state index contributed by atoms with van der Waals surface area (Å²) in [7, 11) is 0. The molecule has 0 atom stereocenters. The Kier molecular flexibility index (Phi) is 8.57. The van der Waals surface area contributed by atoms with Crippen LogP contribution in [0, 0.1) is 5.82 Å². The molecular weight excluding hydrogens is 509 g/mol. The molecule has 1 heterocycles. The number of hydrogen-bond acceptors (Lipinski definition) is 7. The van der Waals surface area contributed by atoms with Crippen LogP contribution in [0.4, 0.5) is 4.39 Å². The molecule has 1 aromatic heterocycles. The summed E-state index contributed by atoms with van der Waals surface area (Å²) in [5.74, 6) is 0.446. The van der Waals surface area contributed by atoms with Crippen LogP contribution < -0.4 is 14.9 Å². The first kappa shape index (κ1) is 25.0. The Labute approximate surface area is 215 Å². The third kappa shape index (κ3) is 6.72. The third-order valence-electron chi connectivity index (χ3n) is 4.71. The standard InChI is InChI=1S/C25H21ClFN3O3S2/c1-2-32-22-12-16(10-11-21(22)33-14-17-18(26)6-5-7-19(17)27)13-28-30-24(31)15-34-25-29-20-8-3-4-9-23(20)35-25/h3-13H,2,14-15H2,1H3,(H,30,31)/b28-13-. The summed E-state index contributed by atoms with van der Waals surface area (Å²) < 4.78 is 27.4. The number of fused-ring (bicyclic) bond motifs is 1. The van der Waals surface area contributed by atoms with E-state index in [9.17, 15) is 9.18 Å². The number of rotatable bonds is 10. The van der Waals surface area contributed by atoms with Gasteiger partial charge in [0.1, 0.15) is 12.4 Å². The van der Waals surface area contributed by atoms with Gasteiger partial charge < -0.3 is 9.47 Å². The molecule has 3 aromatic carbocycles. The van der Waals surface area contributed by atoms with E-state index in [0.29, 0.717) is 28.7 Å². The van der Waals surface area contributed by atoms with Gasteiger partial charge in [-0.15, -0.1) is 11.3 Å². The lowest BCUT2D eigenvalue weighted by Gasteiger charge is -2.13. The number of para-hydroxylation sites is 1. The number of amides is 1. The zero-order valence-electron chi connectivity index (χ0n) is 18.7. The van der Waals surface area contributed by atoms with E-state index in [0.717, 1.165) is 14.6 Å². The van der Waals surface area contributed by atoms with Crippen LogP contribution in [0.3, 0.4) is 0 Å². The molecule has 0 spiro atoms. The van der Waals surface area contributed by atoms with Crippen molar-refractivity contribution in [2.75, 3.05) is 12.4 Å². The van der Waals surface area contributed by atoms with Crippen LogP contribution in [-0.2, 0) is 11.4 Å². The van der Waals surface area contributed by atoms with Gasteiger partial charge in [0.15, 0.2) is 15.8 Å². The topological polar surface area (TPSA) is 72.8 Å². The molecule has 0 saturated heterocycles. The average Bonchev–Trinajstić information content (AvgIpc) is 3.27. The van der Waals surface area contributed by atoms with Crippen LogP contribution in [0.2, 0.25) is 5.02 Å². The molecule has 10 heteroatoms. The zero-order chi connectivity index (χ0) is 24.6. The van der Waals surface area contributed by atoms with Crippen molar-refractivity contribution >= 4 is 57.0 Å². The van der Waals surface area contributed by atoms with Gasteiger partial charge in [-0.1, -0.05) is 41.6 Å². The smallest absolute Gasteiger partial charge is 0.250 e. The van der Waals surface area contributed by atoms with Crippen molar-refractivity contribution in [3.8, 4) is 11.5 Å². The van der Waals surface area contributed by atoms with Crippen LogP contribution in [0.25, 0.3) is 10.2 Å². The SMILES string of the molecule is CCOc1cc(/C=N\NC(=O)CSc2nc3ccccc3s2)ccc1OCc1c(F)cccc1Cl.